The summed E-state index contributed by atoms with van der Waals surface area (Å²) in [5, 5.41) is 10.8. The van der Waals surface area contributed by atoms with Crippen molar-refractivity contribution in [3.8, 4) is 5.88 Å². The summed E-state index contributed by atoms with van der Waals surface area (Å²) in [6, 6.07) is 0. The average molecular weight is 561 g/mol. The maximum atomic E-state index is 12.1. The molecule has 196 valence electrons. The van der Waals surface area contributed by atoms with Gasteiger partial charge < -0.3 is 39.9 Å². The van der Waals surface area contributed by atoms with Crippen molar-refractivity contribution in [3.63, 3.8) is 0 Å². The molecule has 35 heavy (non-hydrogen) atoms. The van der Waals surface area contributed by atoms with Crippen LogP contribution in [-0.2, 0) is 31.6 Å². The largest absolute Gasteiger partial charge is 0.490 e. The third kappa shape index (κ3) is 5.44. The number of fused-ring (bicyclic) bond motifs is 3. The summed E-state index contributed by atoms with van der Waals surface area (Å²) in [5.74, 6) is -0.461. The molecule has 6 atom stereocenters. The molecule has 0 aromatic carbocycles. The van der Waals surface area contributed by atoms with Crippen LogP contribution in [0.2, 0.25) is 0 Å². The van der Waals surface area contributed by atoms with Crippen molar-refractivity contribution in [3.05, 3.63) is 6.33 Å². The van der Waals surface area contributed by atoms with Gasteiger partial charge in [-0.3, -0.25) is 9.09 Å². The Kier molecular flexibility index (Phi) is 6.90. The average Bonchev–Trinajstić information content (AvgIpc) is 3.33. The van der Waals surface area contributed by atoms with E-state index in [-0.39, 0.29) is 23.9 Å². The summed E-state index contributed by atoms with van der Waals surface area (Å²) in [6.45, 7) is 1.26. The fraction of sp³-hybridized carbons (Fsp3) is 0.643. The molecular weight excluding hydrogens is 539 g/mol. The molecule has 3 heterocycles. The Labute approximate surface area is 196 Å². The van der Waals surface area contributed by atoms with Gasteiger partial charge in [0.25, 0.3) is 0 Å². The first kappa shape index (κ1) is 26.5. The van der Waals surface area contributed by atoms with Crippen LogP contribution in [0.25, 0.3) is 11.2 Å². The van der Waals surface area contributed by atoms with Crippen molar-refractivity contribution in [2.45, 2.75) is 37.7 Å². The van der Waals surface area contributed by atoms with Crippen LogP contribution in [-0.4, -0.2) is 69.1 Å². The summed E-state index contributed by atoms with van der Waals surface area (Å²) < 4.78 is 59.4. The van der Waals surface area contributed by atoms with Gasteiger partial charge >= 0.3 is 23.5 Å². The lowest BCUT2D eigenvalue weighted by molar-refractivity contribution is -0.136. The van der Waals surface area contributed by atoms with E-state index in [0.29, 0.717) is 18.5 Å². The summed E-state index contributed by atoms with van der Waals surface area (Å²) in [4.78, 5) is 48.7. The molecule has 2 unspecified atom stereocenters. The zero-order valence-electron chi connectivity index (χ0n) is 17.8. The van der Waals surface area contributed by atoms with Crippen molar-refractivity contribution in [1.82, 2.24) is 19.5 Å². The van der Waals surface area contributed by atoms with Crippen molar-refractivity contribution < 1.29 is 61.0 Å². The van der Waals surface area contributed by atoms with Crippen LogP contribution < -0.4 is 10.5 Å². The highest BCUT2D eigenvalue weighted by Crippen LogP contribution is 2.67. The molecule has 0 radical (unpaired) electrons. The molecule has 0 amide bonds. The molecule has 1 saturated carbocycles. The fourth-order valence-corrected chi connectivity index (χ4v) is 7.22. The lowest BCUT2D eigenvalue weighted by Crippen LogP contribution is -2.41. The SMILES string of the molecule is CCOc1nc(N)nc2c1ncn2[C@@H]1O[C@@]2(COP(=O)(O)OP(=O)(O)OP(=O)(O)O)CC[C@@H]1[C@@H]2O. The number of anilines is 1. The van der Waals surface area contributed by atoms with E-state index in [0.717, 1.165) is 0 Å². The number of phosphoric ester groups is 1. The first-order chi connectivity index (χ1) is 16.2. The van der Waals surface area contributed by atoms with Crippen LogP contribution in [0.4, 0.5) is 5.95 Å². The summed E-state index contributed by atoms with van der Waals surface area (Å²) in [7, 11) is -16.6. The normalized spacial score (nSPS) is 29.8. The number of ether oxygens (including phenoxy) is 2. The van der Waals surface area contributed by atoms with Gasteiger partial charge in [0.2, 0.25) is 11.8 Å². The van der Waals surface area contributed by atoms with Crippen LogP contribution in [0.1, 0.15) is 26.0 Å². The standard InChI is InChI=1S/C14H22N5O13P3/c1-2-28-11-8-10(17-13(15)18-11)19(6-16-8)12-7-3-4-14(30-12,9(7)20)5-29-34(24,25)32-35(26,27)31-33(21,22)23/h6-7,9,12,20H,2-5H2,1H3,(H,24,25)(H,26,27)(H2,15,17,18)(H2,21,22,23)/t7-,9+,12-,14-/m1/s1. The predicted molar refractivity (Wildman–Crippen MR) is 112 cm³/mol. The zero-order chi connectivity index (χ0) is 25.8. The van der Waals surface area contributed by atoms with Crippen molar-refractivity contribution in [2.75, 3.05) is 18.9 Å². The fourth-order valence-electron chi connectivity index (χ4n) is 4.14. The lowest BCUT2D eigenvalue weighted by atomic mass is 10.0. The Morgan fingerprint density at radius 1 is 1.20 bits per heavy atom. The number of nitrogens with zero attached hydrogens (tertiary/aromatic N) is 4. The van der Waals surface area contributed by atoms with E-state index in [1.807, 2.05) is 0 Å². The van der Waals surface area contributed by atoms with Gasteiger partial charge in [-0.1, -0.05) is 0 Å². The number of aliphatic hydroxyl groups is 1. The van der Waals surface area contributed by atoms with Gasteiger partial charge in [0.05, 0.1) is 25.6 Å². The highest BCUT2D eigenvalue weighted by atomic mass is 31.3. The molecule has 2 aliphatic rings. The molecule has 2 aromatic rings. The number of phosphoric acid groups is 3. The minimum atomic E-state index is -5.68. The molecule has 18 nitrogen and oxygen atoms in total. The van der Waals surface area contributed by atoms with Gasteiger partial charge in [0, 0.05) is 5.92 Å². The van der Waals surface area contributed by atoms with Gasteiger partial charge in [0.15, 0.2) is 11.2 Å². The van der Waals surface area contributed by atoms with E-state index in [1.54, 1.807) is 6.92 Å². The van der Waals surface area contributed by atoms with Gasteiger partial charge in [-0.15, -0.1) is 0 Å². The van der Waals surface area contributed by atoms with Crippen LogP contribution >= 0.6 is 23.5 Å². The Bertz CT molecular complexity index is 1270. The van der Waals surface area contributed by atoms with Crippen LogP contribution in [0.15, 0.2) is 6.33 Å². The van der Waals surface area contributed by atoms with Crippen molar-refractivity contribution in [1.29, 1.82) is 0 Å². The predicted octanol–water partition coefficient (Wildman–Crippen LogP) is 0.189. The Balaban J connectivity index is 1.53. The van der Waals surface area contributed by atoms with Crippen molar-refractivity contribution in [2.24, 2.45) is 5.92 Å². The number of imidazole rings is 1. The zero-order valence-corrected chi connectivity index (χ0v) is 20.5. The van der Waals surface area contributed by atoms with Crippen LogP contribution in [0.5, 0.6) is 5.88 Å². The first-order valence-corrected chi connectivity index (χ1v) is 14.4. The van der Waals surface area contributed by atoms with E-state index in [1.165, 1.54) is 10.9 Å². The Morgan fingerprint density at radius 3 is 2.57 bits per heavy atom. The second-order valence-electron chi connectivity index (χ2n) is 7.73. The number of aromatic nitrogens is 4. The molecule has 1 aliphatic carbocycles. The summed E-state index contributed by atoms with van der Waals surface area (Å²) in [6.07, 6.45) is -0.0987. The van der Waals surface area contributed by atoms with Crippen molar-refractivity contribution >= 4 is 40.6 Å². The third-order valence-corrected chi connectivity index (χ3v) is 9.20. The molecule has 2 bridgehead atoms. The Morgan fingerprint density at radius 2 is 1.91 bits per heavy atom. The molecule has 0 spiro atoms. The number of hydrogen-bond donors (Lipinski definition) is 6. The lowest BCUT2D eigenvalue weighted by Gasteiger charge is -2.31. The number of nitrogens with two attached hydrogens (primary N) is 1. The van der Waals surface area contributed by atoms with E-state index in [4.69, 9.17) is 29.5 Å². The third-order valence-electron chi connectivity index (χ3n) is 5.42. The maximum absolute atomic E-state index is 12.1. The van der Waals surface area contributed by atoms with Crippen LogP contribution in [0.3, 0.4) is 0 Å². The summed E-state index contributed by atoms with van der Waals surface area (Å²) >= 11 is 0. The first-order valence-electron chi connectivity index (χ1n) is 9.92. The van der Waals surface area contributed by atoms with Gasteiger partial charge in [-0.05, 0) is 19.8 Å². The molecule has 1 saturated heterocycles. The van der Waals surface area contributed by atoms with E-state index < -0.39 is 53.9 Å². The van der Waals surface area contributed by atoms with Gasteiger partial charge in [0.1, 0.15) is 11.8 Å². The minimum absolute atomic E-state index is 0.0891. The Hall–Kier alpha value is -1.52. The monoisotopic (exact) mass is 561 g/mol. The second-order valence-corrected chi connectivity index (χ2v) is 12.1. The quantitative estimate of drug-likeness (QED) is 0.211. The van der Waals surface area contributed by atoms with Gasteiger partial charge in [-0.25, -0.2) is 18.7 Å². The van der Waals surface area contributed by atoms with Gasteiger partial charge in [-0.2, -0.15) is 18.6 Å². The molecule has 1 aliphatic heterocycles. The summed E-state index contributed by atoms with van der Waals surface area (Å²) in [5.41, 5.74) is 4.79. The van der Waals surface area contributed by atoms with E-state index in [9.17, 15) is 28.6 Å². The van der Waals surface area contributed by atoms with Crippen LogP contribution in [0, 0.1) is 5.92 Å². The molecular formula is C14H22N5O13P3. The number of nitrogen functional groups attached to an aromatic ring is 1. The smallest absolute Gasteiger partial charge is 0.476 e. The molecule has 7 N–H and O–H groups in total. The number of hydrogen-bond acceptors (Lipinski definition) is 13. The highest BCUT2D eigenvalue weighted by molar-refractivity contribution is 7.66. The molecule has 2 fully saturated rings. The minimum Gasteiger partial charge on any atom is -0.476 e. The highest BCUT2D eigenvalue weighted by Gasteiger charge is 2.61. The number of aliphatic hydroxyl groups excluding tert-OH is 1. The second kappa shape index (κ2) is 9.10. The number of rotatable bonds is 10. The van der Waals surface area contributed by atoms with E-state index >= 15 is 0 Å². The molecule has 4 rings (SSSR count). The molecule has 21 heteroatoms. The van der Waals surface area contributed by atoms with E-state index in [2.05, 4.69) is 23.6 Å². The topological polar surface area (TPSA) is 268 Å². The molecule has 2 aromatic heterocycles. The maximum Gasteiger partial charge on any atom is 0.490 e.